The van der Waals surface area contributed by atoms with Crippen molar-refractivity contribution >= 4 is 26.2 Å². The van der Waals surface area contributed by atoms with Gasteiger partial charge in [-0.05, 0) is 115 Å². The van der Waals surface area contributed by atoms with Gasteiger partial charge in [-0.25, -0.2) is 21.6 Å². The van der Waals surface area contributed by atoms with Crippen LogP contribution >= 0.6 is 0 Å². The number of carbonyl (C=O) groups is 1. The van der Waals surface area contributed by atoms with Crippen LogP contribution in [0.3, 0.4) is 0 Å². The fourth-order valence-electron chi connectivity index (χ4n) is 7.05. The summed E-state index contributed by atoms with van der Waals surface area (Å²) in [5.74, 6) is -2.76. The second-order valence-corrected chi connectivity index (χ2v) is 16.2. The molecule has 0 radical (unpaired) electrons. The predicted molar refractivity (Wildman–Crippen MR) is 200 cm³/mol. The van der Waals surface area contributed by atoms with Gasteiger partial charge in [0, 0.05) is 25.7 Å². The maximum atomic E-state index is 14.1. The van der Waals surface area contributed by atoms with E-state index in [1.807, 2.05) is 60.7 Å². The first-order valence-electron chi connectivity index (χ1n) is 17.1. The summed E-state index contributed by atoms with van der Waals surface area (Å²) in [7, 11) is -10.3. The van der Waals surface area contributed by atoms with E-state index in [1.54, 1.807) is 24.3 Å². The molecule has 7 rings (SSSR count). The van der Waals surface area contributed by atoms with E-state index < -0.39 is 60.5 Å². The first-order chi connectivity index (χ1) is 26.5. The largest absolute Gasteiger partial charge is 0.872 e. The molecule has 1 aliphatic carbocycles. The Morgan fingerprint density at radius 1 is 0.536 bits per heavy atom. The molecule has 12 nitrogen and oxygen atoms in total. The Morgan fingerprint density at radius 3 is 1.25 bits per heavy atom. The minimum atomic E-state index is -5.18. The summed E-state index contributed by atoms with van der Waals surface area (Å²) < 4.78 is 80.5. The van der Waals surface area contributed by atoms with Crippen LogP contribution in [0.4, 0.5) is 0 Å². The van der Waals surface area contributed by atoms with Gasteiger partial charge in [0.25, 0.3) is 0 Å². The molecule has 0 atom stereocenters. The number of phenols is 2. The normalized spacial score (nSPS) is 12.9. The van der Waals surface area contributed by atoms with Gasteiger partial charge in [-0.2, -0.15) is 0 Å². The molecule has 3 N–H and O–H groups in total. The Kier molecular flexibility index (Phi) is 10.1. The van der Waals surface area contributed by atoms with Crippen molar-refractivity contribution in [1.82, 2.24) is 0 Å². The van der Waals surface area contributed by atoms with Gasteiger partial charge in [-0.3, -0.25) is 0 Å². The van der Waals surface area contributed by atoms with Crippen LogP contribution in [0.25, 0.3) is 22.3 Å². The molecule has 8 bridgehead atoms. The van der Waals surface area contributed by atoms with Crippen molar-refractivity contribution in [2.75, 3.05) is 6.61 Å². The van der Waals surface area contributed by atoms with E-state index in [2.05, 4.69) is 0 Å². The fourth-order valence-corrected chi connectivity index (χ4v) is 8.20. The van der Waals surface area contributed by atoms with Crippen molar-refractivity contribution in [3.63, 3.8) is 0 Å². The molecule has 0 spiro atoms. The quantitative estimate of drug-likeness (QED) is 0.171. The number of aliphatic carboxylic acids is 1. The lowest BCUT2D eigenvalue weighted by Crippen LogP contribution is -2.13. The van der Waals surface area contributed by atoms with E-state index in [0.717, 1.165) is 35.4 Å². The van der Waals surface area contributed by atoms with Crippen molar-refractivity contribution in [3.05, 3.63) is 154 Å². The number of phenolic OH excluding ortho intramolecular Hbond substituents is 2. The highest BCUT2D eigenvalue weighted by atomic mass is 32.2. The zero-order valence-corrected chi connectivity index (χ0v) is 30.9. The number of aromatic hydroxyl groups is 2. The number of hydrogen-bond donors (Lipinski definition) is 3. The van der Waals surface area contributed by atoms with E-state index in [-0.39, 0.29) is 64.1 Å². The first-order valence-corrected chi connectivity index (χ1v) is 19.9. The van der Waals surface area contributed by atoms with E-state index >= 15 is 0 Å². The molecule has 56 heavy (non-hydrogen) atoms. The second kappa shape index (κ2) is 14.8. The zero-order valence-electron chi connectivity index (χ0n) is 29.3. The Balaban J connectivity index is 1.58. The average Bonchev–Trinajstić information content (AvgIpc) is 3.15. The van der Waals surface area contributed by atoms with E-state index in [0.29, 0.717) is 22.3 Å². The molecule has 6 aromatic carbocycles. The summed E-state index contributed by atoms with van der Waals surface area (Å²) in [6, 6.07) is 28.6. The molecule has 0 amide bonds. The summed E-state index contributed by atoms with van der Waals surface area (Å²) in [6.45, 7) is -0.788. The second-order valence-electron chi connectivity index (χ2n) is 13.5. The highest BCUT2D eigenvalue weighted by Crippen LogP contribution is 2.42. The molecule has 0 unspecified atom stereocenters. The number of hydrogen-bond acceptors (Lipinski definition) is 11. The van der Waals surface area contributed by atoms with E-state index in [4.69, 9.17) is 4.74 Å². The van der Waals surface area contributed by atoms with Crippen LogP contribution in [-0.2, 0) is 50.7 Å². The fraction of sp³-hybridized carbons (Fsp3) is 0.119. The lowest BCUT2D eigenvalue weighted by atomic mass is 9.88. The van der Waals surface area contributed by atoms with Crippen LogP contribution in [0.5, 0.6) is 23.0 Å². The van der Waals surface area contributed by atoms with Crippen molar-refractivity contribution < 1.29 is 55.9 Å². The lowest BCUT2D eigenvalue weighted by Gasteiger charge is -2.25. The third-order valence-electron chi connectivity index (χ3n) is 9.62. The molecule has 1 aliphatic rings. The molecular formula is C42H31O12S2-3. The van der Waals surface area contributed by atoms with Crippen LogP contribution in [0.1, 0.15) is 44.5 Å². The summed E-state index contributed by atoms with van der Waals surface area (Å²) in [6.07, 6.45) is -1.37. The van der Waals surface area contributed by atoms with Gasteiger partial charge in [0.15, 0.2) is 6.61 Å². The molecule has 0 heterocycles. The Bertz CT molecular complexity index is 2750. The van der Waals surface area contributed by atoms with Crippen molar-refractivity contribution in [2.45, 2.75) is 35.5 Å². The molecule has 286 valence electrons. The van der Waals surface area contributed by atoms with Gasteiger partial charge in [0.2, 0.25) is 0 Å². The smallest absolute Gasteiger partial charge is 0.341 e. The Hall–Kier alpha value is -6.19. The van der Waals surface area contributed by atoms with Crippen LogP contribution in [0, 0.1) is 0 Å². The number of rotatable bonds is 7. The van der Waals surface area contributed by atoms with Crippen molar-refractivity contribution in [3.8, 4) is 45.3 Å². The monoisotopic (exact) mass is 791 g/mol. The van der Waals surface area contributed by atoms with Crippen LogP contribution < -0.4 is 9.84 Å². The van der Waals surface area contributed by atoms with Gasteiger partial charge in [0.1, 0.15) is 37.5 Å². The van der Waals surface area contributed by atoms with Crippen molar-refractivity contribution in [2.24, 2.45) is 0 Å². The molecule has 14 heteroatoms. The molecule has 0 aliphatic heterocycles. The molecule has 0 aromatic heterocycles. The van der Waals surface area contributed by atoms with Crippen LogP contribution in [-0.4, -0.2) is 53.8 Å². The number of ether oxygens (including phenoxy) is 1. The minimum Gasteiger partial charge on any atom is -0.872 e. The van der Waals surface area contributed by atoms with E-state index in [9.17, 15) is 51.2 Å². The average molecular weight is 792 g/mol. The number of carboxylic acids is 1. The standard InChI is InChI=1S/C42H34O12S2/c43-38(44)23-54-42-34-13-27(25-9-5-2-6-10-25)14-35(42)18-33-22-37(56(51,52)53)21-32(41(33)47)16-31-20-36(55(48,49)50)19-30(40(31)46)15-28-11-26(12-29(17-34)39(28)45)24-7-3-1-4-8-24/h1-14,19-22,45-47H,15-18,23H2,(H,43,44)(H,48,49,50)(H,51,52,53)/p-3. The summed E-state index contributed by atoms with van der Waals surface area (Å²) >= 11 is 0. The topological polar surface area (TPSA) is 224 Å². The molecule has 6 aromatic rings. The molecule has 0 saturated heterocycles. The third kappa shape index (κ3) is 7.95. The highest BCUT2D eigenvalue weighted by molar-refractivity contribution is 7.86. The van der Waals surface area contributed by atoms with Crippen molar-refractivity contribution in [1.29, 1.82) is 0 Å². The maximum absolute atomic E-state index is 14.1. The van der Waals surface area contributed by atoms with Gasteiger partial charge in [-0.1, -0.05) is 60.7 Å². The van der Waals surface area contributed by atoms with Gasteiger partial charge >= 0.3 is 5.97 Å². The lowest BCUT2D eigenvalue weighted by molar-refractivity contribution is -0.270. The van der Waals surface area contributed by atoms with Crippen LogP contribution in [0.15, 0.2) is 119 Å². The summed E-state index contributed by atoms with van der Waals surface area (Å²) in [5, 5.41) is 47.3. The maximum Gasteiger partial charge on any atom is 0.341 e. The molecule has 0 fully saturated rings. The number of benzene rings is 6. The predicted octanol–water partition coefficient (Wildman–Crippen LogP) is 5.45. The SMILES string of the molecule is O=C(O)COc1c2cc(-c3ccccc3)cc1Cc1cc(S(=O)(=O)[O-])cc(c1O)Cc1cc(S(=O)(=O)[O-])cc(c1[O-])Cc1cc(-c3ccccc3)cc(c1O)C2. The third-order valence-corrected chi connectivity index (χ3v) is 11.2. The van der Waals surface area contributed by atoms with Crippen LogP contribution in [0.2, 0.25) is 0 Å². The summed E-state index contributed by atoms with van der Waals surface area (Å²) in [4.78, 5) is 10.3. The zero-order chi connectivity index (χ0) is 39.9. The first kappa shape index (κ1) is 38.1. The summed E-state index contributed by atoms with van der Waals surface area (Å²) in [5.41, 5.74) is 3.05. The van der Waals surface area contributed by atoms with Gasteiger partial charge < -0.3 is 34.3 Å². The van der Waals surface area contributed by atoms with Gasteiger partial charge in [0.05, 0.1) is 9.79 Å². The van der Waals surface area contributed by atoms with Gasteiger partial charge in [-0.15, -0.1) is 5.75 Å². The molecule has 0 saturated carbocycles. The number of fused-ring (bicyclic) bond motifs is 8. The Labute approximate surface area is 322 Å². The molecular weight excluding hydrogens is 761 g/mol. The Morgan fingerprint density at radius 2 is 0.875 bits per heavy atom. The van der Waals surface area contributed by atoms with E-state index in [1.165, 1.54) is 0 Å². The minimum absolute atomic E-state index is 0.0685. The number of carboxylic acid groups (broad SMARTS) is 1. The highest BCUT2D eigenvalue weighted by Gasteiger charge is 2.23.